The highest BCUT2D eigenvalue weighted by Gasteiger charge is 2.32. The van der Waals surface area contributed by atoms with Crippen molar-refractivity contribution >= 4 is 0 Å². The Morgan fingerprint density at radius 1 is 0.368 bits per heavy atom. The Morgan fingerprint density at radius 2 is 0.579 bits per heavy atom. The Labute approximate surface area is 125 Å². The molecule has 0 atom stereocenters. The lowest BCUT2D eigenvalue weighted by atomic mass is 9.65. The molecular weight excluding hydrogens is 228 g/mol. The lowest BCUT2D eigenvalue weighted by Crippen LogP contribution is -2.26. The summed E-state index contributed by atoms with van der Waals surface area (Å²) in [7, 11) is 0. The highest BCUT2D eigenvalue weighted by Crippen LogP contribution is 2.47. The first kappa shape index (κ1) is 24.0. The van der Waals surface area contributed by atoms with Gasteiger partial charge in [0.15, 0.2) is 0 Å². The Hall–Kier alpha value is 0. The van der Waals surface area contributed by atoms with Gasteiger partial charge >= 0.3 is 0 Å². The zero-order chi connectivity index (χ0) is 15.6. The van der Waals surface area contributed by atoms with Gasteiger partial charge in [0.25, 0.3) is 0 Å². The molecule has 2 saturated carbocycles. The van der Waals surface area contributed by atoms with Crippen molar-refractivity contribution in [3.63, 3.8) is 0 Å². The van der Waals surface area contributed by atoms with E-state index in [0.717, 1.165) is 5.41 Å². The monoisotopic (exact) mass is 272 g/mol. The van der Waals surface area contributed by atoms with Crippen LogP contribution in [0.1, 0.15) is 120 Å². The van der Waals surface area contributed by atoms with E-state index in [1.165, 1.54) is 38.5 Å². The number of hydrogen-bond acceptors (Lipinski definition) is 0. The lowest BCUT2D eigenvalue weighted by Gasteiger charge is -2.40. The fraction of sp³-hybridized carbons (Fsp3) is 1.00. The van der Waals surface area contributed by atoms with Crippen LogP contribution in [0.15, 0.2) is 0 Å². The zero-order valence-electron chi connectivity index (χ0n) is 15.6. The average Bonchev–Trinajstić information content (AvgIpc) is 2.56. The van der Waals surface area contributed by atoms with Gasteiger partial charge in [-0.05, 0) is 31.1 Å². The predicted molar refractivity (Wildman–Crippen MR) is 94.0 cm³/mol. The summed E-state index contributed by atoms with van der Waals surface area (Å²) in [5, 5.41) is 0. The van der Waals surface area contributed by atoms with Crippen LogP contribution in [0.25, 0.3) is 0 Å². The molecule has 2 aliphatic rings. The van der Waals surface area contributed by atoms with Crippen LogP contribution >= 0.6 is 0 Å². The van der Waals surface area contributed by atoms with Crippen molar-refractivity contribution in [2.24, 2.45) is 5.41 Å². The molecular formula is C19H44. The van der Waals surface area contributed by atoms with E-state index in [9.17, 15) is 0 Å². The van der Waals surface area contributed by atoms with Crippen LogP contribution in [0.5, 0.6) is 0 Å². The third kappa shape index (κ3) is 11.5. The van der Waals surface area contributed by atoms with E-state index >= 15 is 0 Å². The van der Waals surface area contributed by atoms with E-state index < -0.39 is 0 Å². The summed E-state index contributed by atoms with van der Waals surface area (Å²) in [4.78, 5) is 0. The smallest absolute Gasteiger partial charge is 0.0297 e. The molecule has 2 aliphatic carbocycles. The predicted octanol–water partition coefficient (Wildman–Crippen LogP) is 8.01. The summed E-state index contributed by atoms with van der Waals surface area (Å²) in [6.45, 7) is 16.0. The zero-order valence-corrected chi connectivity index (χ0v) is 15.6. The molecule has 1 spiro atoms. The Balaban J connectivity index is -0.000000278. The second-order valence-electron chi connectivity index (χ2n) is 4.62. The minimum absolute atomic E-state index is 0.858. The van der Waals surface area contributed by atoms with Crippen LogP contribution < -0.4 is 0 Å². The van der Waals surface area contributed by atoms with Gasteiger partial charge in [-0.25, -0.2) is 0 Å². The molecule has 2 rings (SSSR count). The van der Waals surface area contributed by atoms with Crippen molar-refractivity contribution in [3.05, 3.63) is 0 Å². The second-order valence-corrected chi connectivity index (χ2v) is 4.62. The maximum atomic E-state index is 2.00. The van der Waals surface area contributed by atoms with E-state index in [1.54, 1.807) is 25.7 Å². The van der Waals surface area contributed by atoms with Gasteiger partial charge in [0, 0.05) is 0 Å². The largest absolute Gasteiger partial charge is 0.0683 e. The first-order valence-electron chi connectivity index (χ1n) is 9.41. The molecule has 0 heteroatoms. The molecule has 0 unspecified atom stereocenters. The maximum Gasteiger partial charge on any atom is -0.0297 e. The minimum atomic E-state index is 0.858. The third-order valence-electron chi connectivity index (χ3n) is 3.83. The molecule has 0 heterocycles. The minimum Gasteiger partial charge on any atom is -0.0683 e. The summed E-state index contributed by atoms with van der Waals surface area (Å²) in [5.41, 5.74) is 0.858. The van der Waals surface area contributed by atoms with Crippen LogP contribution in [0.2, 0.25) is 0 Å². The Kier molecular flexibility index (Phi) is 25.7. The normalized spacial score (nSPS) is 18.9. The molecule has 0 N–H and O–H groups in total. The molecule has 120 valence electrons. The van der Waals surface area contributed by atoms with Crippen LogP contribution in [-0.2, 0) is 0 Å². The topological polar surface area (TPSA) is 0 Å². The standard InChI is InChI=1S/C11H20.4C2H6/c1-3-7-11(8-4-1)9-5-2-6-10-11;4*1-2/h1-10H2;4*1-2H3. The van der Waals surface area contributed by atoms with Gasteiger partial charge < -0.3 is 0 Å². The molecule has 19 heavy (non-hydrogen) atoms. The van der Waals surface area contributed by atoms with Crippen LogP contribution in [0.4, 0.5) is 0 Å². The van der Waals surface area contributed by atoms with Gasteiger partial charge in [0.05, 0.1) is 0 Å². The third-order valence-corrected chi connectivity index (χ3v) is 3.83. The Bertz CT molecular complexity index is 94.5. The van der Waals surface area contributed by atoms with E-state index in [2.05, 4.69) is 0 Å². The average molecular weight is 273 g/mol. The molecule has 0 saturated heterocycles. The van der Waals surface area contributed by atoms with Crippen molar-refractivity contribution in [2.75, 3.05) is 0 Å². The molecule has 0 radical (unpaired) electrons. The van der Waals surface area contributed by atoms with Crippen molar-refractivity contribution in [1.29, 1.82) is 0 Å². The summed E-state index contributed by atoms with van der Waals surface area (Å²) < 4.78 is 0. The van der Waals surface area contributed by atoms with Crippen LogP contribution in [-0.4, -0.2) is 0 Å². The van der Waals surface area contributed by atoms with Gasteiger partial charge in [-0.2, -0.15) is 0 Å². The van der Waals surface area contributed by atoms with Gasteiger partial charge in [0.2, 0.25) is 0 Å². The first-order valence-corrected chi connectivity index (χ1v) is 9.41. The molecule has 0 aromatic rings. The molecule has 2 fully saturated rings. The van der Waals surface area contributed by atoms with Crippen molar-refractivity contribution < 1.29 is 0 Å². The van der Waals surface area contributed by atoms with Gasteiger partial charge in [-0.3, -0.25) is 0 Å². The van der Waals surface area contributed by atoms with Crippen molar-refractivity contribution in [3.8, 4) is 0 Å². The van der Waals surface area contributed by atoms with E-state index in [-0.39, 0.29) is 0 Å². The summed E-state index contributed by atoms with van der Waals surface area (Å²) in [6.07, 6.45) is 15.4. The van der Waals surface area contributed by atoms with Crippen LogP contribution in [0.3, 0.4) is 0 Å². The van der Waals surface area contributed by atoms with Crippen molar-refractivity contribution in [1.82, 2.24) is 0 Å². The highest BCUT2D eigenvalue weighted by atomic mass is 14.4. The molecule has 0 amide bonds. The van der Waals surface area contributed by atoms with Gasteiger partial charge in [0.1, 0.15) is 0 Å². The fourth-order valence-electron chi connectivity index (χ4n) is 3.10. The quantitative estimate of drug-likeness (QED) is 0.419. The number of hydrogen-bond donors (Lipinski definition) is 0. The van der Waals surface area contributed by atoms with Gasteiger partial charge in [-0.15, -0.1) is 0 Å². The molecule has 0 aromatic heterocycles. The van der Waals surface area contributed by atoms with E-state index in [4.69, 9.17) is 0 Å². The maximum absolute atomic E-state index is 2.00. The lowest BCUT2D eigenvalue weighted by molar-refractivity contribution is 0.124. The van der Waals surface area contributed by atoms with Gasteiger partial charge in [-0.1, -0.05) is 93.9 Å². The number of rotatable bonds is 0. The van der Waals surface area contributed by atoms with E-state index in [1.807, 2.05) is 55.4 Å². The molecule has 0 nitrogen and oxygen atoms in total. The highest BCUT2D eigenvalue weighted by molar-refractivity contribution is 4.85. The van der Waals surface area contributed by atoms with Crippen molar-refractivity contribution in [2.45, 2.75) is 120 Å². The second kappa shape index (κ2) is 20.3. The summed E-state index contributed by atoms with van der Waals surface area (Å²) in [6, 6.07) is 0. The molecule has 0 aliphatic heterocycles. The van der Waals surface area contributed by atoms with E-state index in [0.29, 0.717) is 0 Å². The molecule has 0 bridgehead atoms. The molecule has 0 aromatic carbocycles. The fourth-order valence-corrected chi connectivity index (χ4v) is 3.10. The van der Waals surface area contributed by atoms with Crippen LogP contribution in [0, 0.1) is 5.41 Å². The first-order chi connectivity index (χ1) is 9.41. The summed E-state index contributed by atoms with van der Waals surface area (Å²) >= 11 is 0. The Morgan fingerprint density at radius 3 is 0.789 bits per heavy atom. The summed E-state index contributed by atoms with van der Waals surface area (Å²) in [5.74, 6) is 0. The SMILES string of the molecule is C1CCC2(CC1)CCCCC2.CC.CC.CC.CC.